The monoisotopic (exact) mass is 314 g/mol. The minimum absolute atomic E-state index is 0.117. The van der Waals surface area contributed by atoms with Gasteiger partial charge in [-0.2, -0.15) is 0 Å². The molecule has 0 heterocycles. The number of ether oxygens (including phenoxy) is 1. The van der Waals surface area contributed by atoms with Crippen molar-refractivity contribution < 1.29 is 9.53 Å². The van der Waals surface area contributed by atoms with Gasteiger partial charge < -0.3 is 4.74 Å². The van der Waals surface area contributed by atoms with Gasteiger partial charge in [0.15, 0.2) is 0 Å². The number of ketones is 1. The smallest absolute Gasteiger partial charge is 0.139 e. The number of allylic oxidation sites excluding steroid dienone is 2. The summed E-state index contributed by atoms with van der Waals surface area (Å²) in [5.74, 6) is 2.94. The maximum atomic E-state index is 12.6. The Bertz CT molecular complexity index is 587. The predicted octanol–water partition coefficient (Wildman–Crippen LogP) is 4.70. The minimum Gasteiger partial charge on any atom is -0.381 e. The van der Waals surface area contributed by atoms with E-state index in [0.717, 1.165) is 32.1 Å². The van der Waals surface area contributed by atoms with Crippen LogP contribution in [0.15, 0.2) is 23.3 Å². The zero-order chi connectivity index (χ0) is 16.4. The lowest BCUT2D eigenvalue weighted by Gasteiger charge is -2.53. The summed E-state index contributed by atoms with van der Waals surface area (Å²) < 4.78 is 5.64. The Labute approximate surface area is 140 Å². The molecule has 6 atom stereocenters. The lowest BCUT2D eigenvalue weighted by molar-refractivity contribution is -0.128. The summed E-state index contributed by atoms with van der Waals surface area (Å²) in [6.07, 6.45) is 7.90. The molecule has 0 radical (unpaired) electrons. The number of hydrogen-bond donors (Lipinski definition) is 0. The summed E-state index contributed by atoms with van der Waals surface area (Å²) in [6, 6.07) is 0. The molecule has 0 N–H and O–H groups in total. The molecule has 2 nitrogen and oxygen atoms in total. The zero-order valence-corrected chi connectivity index (χ0v) is 14.9. The fourth-order valence-electron chi connectivity index (χ4n) is 6.55. The van der Waals surface area contributed by atoms with Crippen LogP contribution in [0.25, 0.3) is 0 Å². The van der Waals surface area contributed by atoms with Crippen LogP contribution >= 0.6 is 0 Å². The van der Waals surface area contributed by atoms with Crippen molar-refractivity contribution in [2.45, 2.75) is 64.9 Å². The van der Waals surface area contributed by atoms with Gasteiger partial charge in [0.2, 0.25) is 0 Å². The van der Waals surface area contributed by atoms with Crippen LogP contribution in [0.4, 0.5) is 0 Å². The fourth-order valence-corrected chi connectivity index (χ4v) is 6.55. The van der Waals surface area contributed by atoms with E-state index >= 15 is 0 Å². The summed E-state index contributed by atoms with van der Waals surface area (Å²) in [5, 5.41) is 0. The molecule has 0 spiro atoms. The topological polar surface area (TPSA) is 26.3 Å². The minimum atomic E-state index is -0.117. The van der Waals surface area contributed by atoms with Gasteiger partial charge >= 0.3 is 0 Å². The molecule has 0 aliphatic heterocycles. The third kappa shape index (κ3) is 2.13. The molecule has 0 aromatic heterocycles. The number of carbonyl (C=O) groups is 1. The van der Waals surface area contributed by atoms with Crippen LogP contribution in [0.3, 0.4) is 0 Å². The van der Waals surface area contributed by atoms with Gasteiger partial charge in [0, 0.05) is 24.9 Å². The zero-order valence-electron chi connectivity index (χ0n) is 14.9. The molecule has 0 bridgehead atoms. The molecule has 2 saturated carbocycles. The highest BCUT2D eigenvalue weighted by Gasteiger charge is 2.57. The van der Waals surface area contributed by atoms with E-state index in [0.29, 0.717) is 35.6 Å². The van der Waals surface area contributed by atoms with E-state index in [1.54, 1.807) is 11.1 Å². The van der Waals surface area contributed by atoms with E-state index in [1.807, 2.05) is 7.11 Å². The molecule has 4 aliphatic rings. The maximum absolute atomic E-state index is 12.6. The molecule has 4 rings (SSSR count). The second-order valence-electron chi connectivity index (χ2n) is 8.79. The number of carbonyl (C=O) groups excluding carboxylic acids is 1. The van der Waals surface area contributed by atoms with E-state index in [1.165, 1.54) is 18.4 Å². The van der Waals surface area contributed by atoms with Crippen molar-refractivity contribution >= 4 is 5.78 Å². The predicted molar refractivity (Wildman–Crippen MR) is 92.0 cm³/mol. The van der Waals surface area contributed by atoms with Crippen LogP contribution in [-0.2, 0) is 9.53 Å². The average Bonchev–Trinajstić information content (AvgIpc) is 2.81. The summed E-state index contributed by atoms with van der Waals surface area (Å²) >= 11 is 0. The van der Waals surface area contributed by atoms with Gasteiger partial charge in [-0.1, -0.05) is 37.1 Å². The first-order valence-electron chi connectivity index (χ1n) is 9.40. The fraction of sp³-hybridized carbons (Fsp3) is 0.762. The normalized spacial score (nSPS) is 46.5. The molecule has 4 unspecified atom stereocenters. The molecule has 0 amide bonds. The Morgan fingerprint density at radius 2 is 2.00 bits per heavy atom. The molecular formula is C21H30O2. The number of methoxy groups -OCH3 is 1. The van der Waals surface area contributed by atoms with Gasteiger partial charge in [-0.15, -0.1) is 0 Å². The van der Waals surface area contributed by atoms with Gasteiger partial charge in [0.05, 0.1) is 6.10 Å². The first-order valence-corrected chi connectivity index (χ1v) is 9.40. The molecule has 0 saturated heterocycles. The van der Waals surface area contributed by atoms with Crippen molar-refractivity contribution in [1.29, 1.82) is 0 Å². The SMILES string of the molecule is C=C1C[C@]2(C)C(=O)CCC2C2C1C1=C(CC(OC)CC1)C[C@H]2C. The van der Waals surface area contributed by atoms with E-state index in [2.05, 4.69) is 20.4 Å². The number of Topliss-reactive ketones (excluding diaryl/α,β-unsaturated/α-hetero) is 1. The van der Waals surface area contributed by atoms with Gasteiger partial charge in [-0.3, -0.25) is 4.79 Å². The molecular weight excluding hydrogens is 284 g/mol. The van der Waals surface area contributed by atoms with E-state index < -0.39 is 0 Å². The highest BCUT2D eigenvalue weighted by atomic mass is 16.5. The molecule has 23 heavy (non-hydrogen) atoms. The third-order valence-electron chi connectivity index (χ3n) is 7.62. The molecule has 2 heteroatoms. The number of hydrogen-bond acceptors (Lipinski definition) is 2. The second kappa shape index (κ2) is 5.31. The Morgan fingerprint density at radius 3 is 2.74 bits per heavy atom. The first kappa shape index (κ1) is 15.6. The molecule has 126 valence electrons. The molecule has 4 aliphatic carbocycles. The van der Waals surface area contributed by atoms with E-state index in [-0.39, 0.29) is 5.41 Å². The quantitative estimate of drug-likeness (QED) is 0.656. The third-order valence-corrected chi connectivity index (χ3v) is 7.62. The van der Waals surface area contributed by atoms with Crippen molar-refractivity contribution in [3.63, 3.8) is 0 Å². The highest BCUT2D eigenvalue weighted by molar-refractivity contribution is 5.87. The van der Waals surface area contributed by atoms with Gasteiger partial charge in [-0.25, -0.2) is 0 Å². The summed E-state index contributed by atoms with van der Waals surface area (Å²) in [7, 11) is 1.85. The van der Waals surface area contributed by atoms with Crippen molar-refractivity contribution in [2.75, 3.05) is 7.11 Å². The summed E-state index contributed by atoms with van der Waals surface area (Å²) in [5.41, 5.74) is 4.58. The van der Waals surface area contributed by atoms with Crippen molar-refractivity contribution in [1.82, 2.24) is 0 Å². The summed E-state index contributed by atoms with van der Waals surface area (Å²) in [4.78, 5) is 12.6. The molecule has 0 aromatic carbocycles. The van der Waals surface area contributed by atoms with Gasteiger partial charge in [-0.05, 0) is 56.3 Å². The number of rotatable bonds is 1. The van der Waals surface area contributed by atoms with Crippen molar-refractivity contribution in [3.8, 4) is 0 Å². The molecule has 2 fully saturated rings. The lowest BCUT2D eigenvalue weighted by atomic mass is 9.50. The maximum Gasteiger partial charge on any atom is 0.139 e. The lowest BCUT2D eigenvalue weighted by Crippen LogP contribution is -2.48. The Kier molecular flexibility index (Phi) is 3.61. The van der Waals surface area contributed by atoms with Crippen LogP contribution in [0.1, 0.15) is 58.8 Å². The van der Waals surface area contributed by atoms with Crippen LogP contribution in [0.5, 0.6) is 0 Å². The Hall–Kier alpha value is -0.890. The van der Waals surface area contributed by atoms with Crippen LogP contribution in [0.2, 0.25) is 0 Å². The highest BCUT2D eigenvalue weighted by Crippen LogP contribution is 2.62. The van der Waals surface area contributed by atoms with E-state index in [9.17, 15) is 4.79 Å². The van der Waals surface area contributed by atoms with Crippen LogP contribution in [-0.4, -0.2) is 19.0 Å². The van der Waals surface area contributed by atoms with Crippen LogP contribution < -0.4 is 0 Å². The van der Waals surface area contributed by atoms with Crippen molar-refractivity contribution in [3.05, 3.63) is 23.3 Å². The summed E-state index contributed by atoms with van der Waals surface area (Å²) in [6.45, 7) is 9.13. The standard InChI is InChI=1S/C21H30O2/c1-12-9-14-10-15(23-4)5-6-16(14)19-13(2)11-21(3)17(20(12)19)7-8-18(21)22/h12,15,17,19-20H,2,5-11H2,1,3-4H3/t12-,15?,17?,19?,20?,21+/m1/s1. The largest absolute Gasteiger partial charge is 0.381 e. The first-order chi connectivity index (χ1) is 11.0. The van der Waals surface area contributed by atoms with Gasteiger partial charge in [0.1, 0.15) is 5.78 Å². The Morgan fingerprint density at radius 1 is 1.22 bits per heavy atom. The van der Waals surface area contributed by atoms with Gasteiger partial charge in [0.25, 0.3) is 0 Å². The van der Waals surface area contributed by atoms with E-state index in [4.69, 9.17) is 4.74 Å². The molecule has 0 aromatic rings. The Balaban J connectivity index is 1.73. The van der Waals surface area contributed by atoms with Crippen molar-refractivity contribution in [2.24, 2.45) is 29.1 Å². The number of fused-ring (bicyclic) bond motifs is 4. The second-order valence-corrected chi connectivity index (χ2v) is 8.79. The average molecular weight is 314 g/mol. The van der Waals surface area contributed by atoms with Crippen LogP contribution in [0, 0.1) is 29.1 Å².